The zero-order valence-corrected chi connectivity index (χ0v) is 11.6. The van der Waals surface area contributed by atoms with Crippen molar-refractivity contribution in [2.45, 2.75) is 32.9 Å². The number of hydrogen-bond donors (Lipinski definition) is 0. The van der Waals surface area contributed by atoms with Crippen molar-refractivity contribution in [1.82, 2.24) is 4.90 Å². The zero-order chi connectivity index (χ0) is 11.9. The Bertz CT molecular complexity index is 447. The van der Waals surface area contributed by atoms with Crippen molar-refractivity contribution in [3.05, 3.63) is 32.8 Å². The largest absolute Gasteiger partial charge is 0.332 e. The fourth-order valence-electron chi connectivity index (χ4n) is 1.97. The Balaban J connectivity index is 2.42. The highest BCUT2D eigenvalue weighted by molar-refractivity contribution is 9.10. The average Bonchev–Trinajstić information content (AvgIpc) is 2.54. The first-order valence-electron chi connectivity index (χ1n) is 5.33. The molecule has 0 bridgehead atoms. The second-order valence-corrected chi connectivity index (χ2v) is 5.43. The van der Waals surface area contributed by atoms with Gasteiger partial charge in [0.15, 0.2) is 0 Å². The van der Waals surface area contributed by atoms with Crippen LogP contribution in [0, 0.1) is 0 Å². The number of nitrogens with zero attached hydrogens (tertiary/aromatic N) is 1. The lowest BCUT2D eigenvalue weighted by Crippen LogP contribution is -2.32. The summed E-state index contributed by atoms with van der Waals surface area (Å²) in [4.78, 5) is 14.0. The van der Waals surface area contributed by atoms with Crippen LogP contribution in [0.15, 0.2) is 16.6 Å². The fourth-order valence-corrected chi connectivity index (χ4v) is 2.92. The molecular formula is C12H13BrClNO. The van der Waals surface area contributed by atoms with E-state index in [4.69, 9.17) is 11.6 Å². The van der Waals surface area contributed by atoms with Crippen LogP contribution < -0.4 is 0 Å². The summed E-state index contributed by atoms with van der Waals surface area (Å²) in [7, 11) is 0. The third kappa shape index (κ3) is 1.87. The van der Waals surface area contributed by atoms with Crippen molar-refractivity contribution in [2.24, 2.45) is 0 Å². The van der Waals surface area contributed by atoms with Gasteiger partial charge in [0.25, 0.3) is 5.91 Å². The van der Waals surface area contributed by atoms with Crippen molar-refractivity contribution < 1.29 is 4.79 Å². The quantitative estimate of drug-likeness (QED) is 0.812. The summed E-state index contributed by atoms with van der Waals surface area (Å²) in [6.07, 6.45) is 0.957. The van der Waals surface area contributed by atoms with Crippen molar-refractivity contribution in [1.29, 1.82) is 0 Å². The summed E-state index contributed by atoms with van der Waals surface area (Å²) >= 11 is 9.50. The number of benzene rings is 1. The van der Waals surface area contributed by atoms with Crippen LogP contribution in [0.1, 0.15) is 36.2 Å². The number of carbonyl (C=O) groups is 1. The summed E-state index contributed by atoms with van der Waals surface area (Å²) in [6, 6.07) is 4.01. The first kappa shape index (κ1) is 11.9. The van der Waals surface area contributed by atoms with Gasteiger partial charge in [0, 0.05) is 17.1 Å². The molecule has 16 heavy (non-hydrogen) atoms. The molecule has 86 valence electrons. The Labute approximate surface area is 109 Å². The molecule has 1 heterocycles. The van der Waals surface area contributed by atoms with E-state index in [1.807, 2.05) is 11.0 Å². The molecule has 1 aliphatic heterocycles. The third-order valence-electron chi connectivity index (χ3n) is 3.07. The Morgan fingerprint density at radius 1 is 1.56 bits per heavy atom. The minimum Gasteiger partial charge on any atom is -0.332 e. The fraction of sp³-hybridized carbons (Fsp3) is 0.417. The molecule has 0 saturated carbocycles. The zero-order valence-electron chi connectivity index (χ0n) is 9.26. The van der Waals surface area contributed by atoms with Gasteiger partial charge in [-0.15, -0.1) is 0 Å². The number of hydrogen-bond acceptors (Lipinski definition) is 1. The van der Waals surface area contributed by atoms with Gasteiger partial charge in [0.05, 0.1) is 10.6 Å². The number of fused-ring (bicyclic) bond motifs is 1. The molecule has 0 saturated heterocycles. The second-order valence-electron chi connectivity index (χ2n) is 4.11. The standard InChI is InChI=1S/C12H13BrClNO/c1-3-7(2)15-6-8-4-9(13)5-10(14)11(8)12(15)16/h4-5,7H,3,6H2,1-2H3/t7-/m0/s1. The molecule has 0 aliphatic carbocycles. The van der Waals surface area contributed by atoms with Crippen LogP contribution in [0.4, 0.5) is 0 Å². The van der Waals surface area contributed by atoms with Crippen LogP contribution >= 0.6 is 27.5 Å². The molecule has 1 amide bonds. The van der Waals surface area contributed by atoms with Crippen LogP contribution in [0.25, 0.3) is 0 Å². The van der Waals surface area contributed by atoms with Crippen LogP contribution in [0.3, 0.4) is 0 Å². The molecule has 1 aromatic rings. The van der Waals surface area contributed by atoms with Gasteiger partial charge in [-0.1, -0.05) is 34.5 Å². The maximum atomic E-state index is 12.2. The number of halogens is 2. The smallest absolute Gasteiger partial charge is 0.256 e. The van der Waals surface area contributed by atoms with Crippen LogP contribution in [0.2, 0.25) is 5.02 Å². The van der Waals surface area contributed by atoms with Crippen LogP contribution in [0.5, 0.6) is 0 Å². The monoisotopic (exact) mass is 301 g/mol. The van der Waals surface area contributed by atoms with E-state index in [1.165, 1.54) is 0 Å². The second kappa shape index (κ2) is 4.38. The molecule has 0 aromatic heterocycles. The molecule has 0 spiro atoms. The lowest BCUT2D eigenvalue weighted by atomic mass is 10.1. The number of rotatable bonds is 2. The Hall–Kier alpha value is -0.540. The van der Waals surface area contributed by atoms with E-state index in [0.717, 1.165) is 16.5 Å². The van der Waals surface area contributed by atoms with Crippen molar-refractivity contribution in [3.63, 3.8) is 0 Å². The molecule has 1 atom stereocenters. The summed E-state index contributed by atoms with van der Waals surface area (Å²) in [5, 5.41) is 0.542. The predicted molar refractivity (Wildman–Crippen MR) is 68.8 cm³/mol. The Morgan fingerprint density at radius 3 is 2.88 bits per heavy atom. The minimum atomic E-state index is 0.0573. The lowest BCUT2D eigenvalue weighted by Gasteiger charge is -2.22. The van der Waals surface area contributed by atoms with Gasteiger partial charge in [-0.2, -0.15) is 0 Å². The Morgan fingerprint density at radius 2 is 2.25 bits per heavy atom. The maximum absolute atomic E-state index is 12.2. The first-order valence-corrected chi connectivity index (χ1v) is 6.50. The molecule has 0 fully saturated rings. The van der Waals surface area contributed by atoms with Gasteiger partial charge in [-0.05, 0) is 31.0 Å². The summed E-state index contributed by atoms with van der Waals surface area (Å²) in [5.41, 5.74) is 1.69. The van der Waals surface area contributed by atoms with E-state index < -0.39 is 0 Å². The predicted octanol–water partition coefficient (Wildman–Crippen LogP) is 3.86. The van der Waals surface area contributed by atoms with Gasteiger partial charge in [0.1, 0.15) is 0 Å². The molecular weight excluding hydrogens is 289 g/mol. The summed E-state index contributed by atoms with van der Waals surface area (Å²) < 4.78 is 0.926. The third-order valence-corrected chi connectivity index (χ3v) is 3.83. The highest BCUT2D eigenvalue weighted by Crippen LogP contribution is 2.33. The van der Waals surface area contributed by atoms with E-state index in [1.54, 1.807) is 6.07 Å². The molecule has 2 rings (SSSR count). The molecule has 0 N–H and O–H groups in total. The van der Waals surface area contributed by atoms with Gasteiger partial charge >= 0.3 is 0 Å². The Kier molecular flexibility index (Phi) is 3.27. The lowest BCUT2D eigenvalue weighted by molar-refractivity contribution is 0.0713. The van der Waals surface area contributed by atoms with E-state index >= 15 is 0 Å². The van der Waals surface area contributed by atoms with E-state index in [2.05, 4.69) is 29.8 Å². The highest BCUT2D eigenvalue weighted by atomic mass is 79.9. The molecule has 2 nitrogen and oxygen atoms in total. The van der Waals surface area contributed by atoms with Crippen LogP contribution in [-0.4, -0.2) is 16.8 Å². The van der Waals surface area contributed by atoms with Crippen LogP contribution in [-0.2, 0) is 6.54 Å². The molecule has 0 radical (unpaired) electrons. The van der Waals surface area contributed by atoms with Gasteiger partial charge in [-0.3, -0.25) is 4.79 Å². The average molecular weight is 303 g/mol. The van der Waals surface area contributed by atoms with E-state index in [-0.39, 0.29) is 11.9 Å². The summed E-state index contributed by atoms with van der Waals surface area (Å²) in [5.74, 6) is 0.0573. The molecule has 1 aromatic carbocycles. The van der Waals surface area contributed by atoms with Gasteiger partial charge in [-0.25, -0.2) is 0 Å². The number of amides is 1. The SMILES string of the molecule is CC[C@H](C)N1Cc2cc(Br)cc(Cl)c2C1=O. The molecule has 0 unspecified atom stereocenters. The first-order chi connectivity index (χ1) is 7.54. The van der Waals surface area contributed by atoms with Gasteiger partial charge < -0.3 is 4.90 Å². The van der Waals surface area contributed by atoms with E-state index in [0.29, 0.717) is 17.1 Å². The topological polar surface area (TPSA) is 20.3 Å². The normalized spacial score (nSPS) is 16.5. The molecule has 4 heteroatoms. The number of carbonyl (C=O) groups excluding carboxylic acids is 1. The van der Waals surface area contributed by atoms with Crippen molar-refractivity contribution in [3.8, 4) is 0 Å². The summed E-state index contributed by atoms with van der Waals surface area (Å²) in [6.45, 7) is 4.81. The maximum Gasteiger partial charge on any atom is 0.256 e. The minimum absolute atomic E-state index is 0.0573. The highest BCUT2D eigenvalue weighted by Gasteiger charge is 2.32. The van der Waals surface area contributed by atoms with Crippen molar-refractivity contribution in [2.75, 3.05) is 0 Å². The molecule has 1 aliphatic rings. The van der Waals surface area contributed by atoms with Crippen molar-refractivity contribution >= 4 is 33.4 Å². The van der Waals surface area contributed by atoms with E-state index in [9.17, 15) is 4.79 Å². The van der Waals surface area contributed by atoms with Gasteiger partial charge in [0.2, 0.25) is 0 Å².